The van der Waals surface area contributed by atoms with E-state index in [1.807, 2.05) is 0 Å². The molecule has 3 rings (SSSR count). The van der Waals surface area contributed by atoms with Crippen molar-refractivity contribution in [2.45, 2.75) is 24.9 Å². The molecule has 1 heterocycles. The van der Waals surface area contributed by atoms with Crippen LogP contribution in [0.1, 0.15) is 34.7 Å². The minimum Gasteiger partial charge on any atom is -0.508 e. The average Bonchev–Trinajstić information content (AvgIpc) is 2.77. The standard InChI is InChI=1S/C23H24Cl2N4O6/c24-15-1-12(2-16(25)7-15)13(6-21(33)34)4-19(31)9-26-22(35)14-3-17(8-18(30)5-14)29-23-27-10-20(32)11-28-23/h1-3,5,7-8,13,20,30,32H,4,6,9-11H2,(H,26,35)(H,33,34)(H2,27,28,29)/t13-/m0/s1. The number of aromatic hydroxyl groups is 1. The van der Waals surface area contributed by atoms with Gasteiger partial charge in [-0.25, -0.2) is 0 Å². The van der Waals surface area contributed by atoms with E-state index in [0.717, 1.165) is 0 Å². The minimum atomic E-state index is -1.09. The zero-order valence-electron chi connectivity index (χ0n) is 18.4. The lowest BCUT2D eigenvalue weighted by atomic mass is 9.90. The number of ketones is 1. The number of aliphatic hydroxyl groups excluding tert-OH is 1. The van der Waals surface area contributed by atoms with Crippen LogP contribution in [0.5, 0.6) is 5.75 Å². The summed E-state index contributed by atoms with van der Waals surface area (Å²) in [4.78, 5) is 40.6. The van der Waals surface area contributed by atoms with Crippen molar-refractivity contribution in [1.29, 1.82) is 0 Å². The van der Waals surface area contributed by atoms with E-state index < -0.39 is 29.7 Å². The van der Waals surface area contributed by atoms with E-state index in [1.54, 1.807) is 12.1 Å². The summed E-state index contributed by atoms with van der Waals surface area (Å²) in [5.74, 6) is -2.55. The van der Waals surface area contributed by atoms with Gasteiger partial charge in [-0.2, -0.15) is 0 Å². The molecule has 2 aromatic carbocycles. The van der Waals surface area contributed by atoms with Gasteiger partial charge < -0.3 is 31.3 Å². The second-order valence-electron chi connectivity index (χ2n) is 8.04. The maximum atomic E-state index is 12.6. The number of Topliss-reactive ketones (excluding diaryl/α,β-unsaturated/α-hetero) is 1. The van der Waals surface area contributed by atoms with Gasteiger partial charge in [0.1, 0.15) is 5.75 Å². The average molecular weight is 523 g/mol. The first-order valence-corrected chi connectivity index (χ1v) is 11.4. The van der Waals surface area contributed by atoms with Gasteiger partial charge in [-0.1, -0.05) is 23.2 Å². The number of hydrogen-bond acceptors (Lipinski definition) is 8. The molecule has 2 aromatic rings. The molecule has 6 N–H and O–H groups in total. The van der Waals surface area contributed by atoms with Crippen LogP contribution in [0.25, 0.3) is 0 Å². The van der Waals surface area contributed by atoms with Crippen LogP contribution >= 0.6 is 23.2 Å². The first kappa shape index (κ1) is 26.3. The number of anilines is 1. The first-order chi connectivity index (χ1) is 16.6. The quantitative estimate of drug-likeness (QED) is 0.292. The number of halogens is 2. The SMILES string of the molecule is O=C(O)C[C@H](CC(=O)CNC(=O)c1cc(O)cc(NC2=NCC(O)CN2)c1)c1cc(Cl)cc(Cl)c1. The molecular formula is C23H24Cl2N4O6. The molecule has 0 spiro atoms. The molecule has 186 valence electrons. The fourth-order valence-corrected chi connectivity index (χ4v) is 4.07. The number of hydrogen-bond donors (Lipinski definition) is 6. The molecule has 0 bridgehead atoms. The molecule has 0 radical (unpaired) electrons. The van der Waals surface area contributed by atoms with Crippen LogP contribution in [-0.2, 0) is 9.59 Å². The Hall–Kier alpha value is -3.34. The summed E-state index contributed by atoms with van der Waals surface area (Å²) in [6.07, 6.45) is -1.05. The third-order valence-corrected chi connectivity index (χ3v) is 5.54. The van der Waals surface area contributed by atoms with Gasteiger partial charge in [0.25, 0.3) is 5.91 Å². The molecule has 12 heteroatoms. The molecule has 1 aliphatic rings. The topological polar surface area (TPSA) is 160 Å². The molecule has 1 amide bonds. The van der Waals surface area contributed by atoms with E-state index in [-0.39, 0.29) is 37.2 Å². The van der Waals surface area contributed by atoms with Gasteiger partial charge in [-0.3, -0.25) is 19.4 Å². The highest BCUT2D eigenvalue weighted by molar-refractivity contribution is 6.34. The second-order valence-corrected chi connectivity index (χ2v) is 8.91. The Morgan fingerprint density at radius 1 is 1.09 bits per heavy atom. The predicted octanol–water partition coefficient (Wildman–Crippen LogP) is 2.38. The number of aliphatic carboxylic acids is 1. The van der Waals surface area contributed by atoms with E-state index in [1.165, 1.54) is 24.3 Å². The summed E-state index contributed by atoms with van der Waals surface area (Å²) in [6.45, 7) is 0.187. The van der Waals surface area contributed by atoms with Crippen LogP contribution in [0.15, 0.2) is 41.4 Å². The Morgan fingerprint density at radius 2 is 1.80 bits per heavy atom. The van der Waals surface area contributed by atoms with Crippen LogP contribution in [0.3, 0.4) is 0 Å². The fraction of sp³-hybridized carbons (Fsp3) is 0.304. The molecule has 0 saturated heterocycles. The van der Waals surface area contributed by atoms with E-state index >= 15 is 0 Å². The molecule has 0 saturated carbocycles. The maximum absolute atomic E-state index is 12.6. The van der Waals surface area contributed by atoms with Crippen molar-refractivity contribution >= 4 is 52.5 Å². The number of phenols is 1. The Balaban J connectivity index is 1.63. The molecular weight excluding hydrogens is 499 g/mol. The number of carbonyl (C=O) groups is 3. The molecule has 2 atom stereocenters. The van der Waals surface area contributed by atoms with E-state index in [2.05, 4.69) is 20.9 Å². The number of aliphatic imine (C=N–C) groups is 1. The van der Waals surface area contributed by atoms with Gasteiger partial charge >= 0.3 is 5.97 Å². The molecule has 1 unspecified atom stereocenters. The molecule has 0 aromatic heterocycles. The number of nitrogens with zero attached hydrogens (tertiary/aromatic N) is 1. The number of carboxylic acids is 1. The van der Waals surface area contributed by atoms with Crippen LogP contribution in [0.2, 0.25) is 10.0 Å². The largest absolute Gasteiger partial charge is 0.508 e. The van der Waals surface area contributed by atoms with Crippen molar-refractivity contribution in [3.05, 3.63) is 57.6 Å². The number of β-amino-alcohol motifs (C(OH)–C–C–N with tert-alkyl or cyclic N) is 1. The van der Waals surface area contributed by atoms with Gasteiger partial charge in [0, 0.05) is 46.2 Å². The van der Waals surface area contributed by atoms with Crippen LogP contribution < -0.4 is 16.0 Å². The summed E-state index contributed by atoms with van der Waals surface area (Å²) in [5.41, 5.74) is 0.990. The van der Waals surface area contributed by atoms with Gasteiger partial charge in [-0.05, 0) is 35.9 Å². The summed E-state index contributed by atoms with van der Waals surface area (Å²) in [6, 6.07) is 8.72. The molecule has 1 aliphatic heterocycles. The highest BCUT2D eigenvalue weighted by Gasteiger charge is 2.21. The third-order valence-electron chi connectivity index (χ3n) is 5.11. The van der Waals surface area contributed by atoms with E-state index in [9.17, 15) is 29.7 Å². The molecule has 10 nitrogen and oxygen atoms in total. The highest BCUT2D eigenvalue weighted by Crippen LogP contribution is 2.29. The summed E-state index contributed by atoms with van der Waals surface area (Å²) in [7, 11) is 0. The Kier molecular flexibility index (Phi) is 8.91. The smallest absolute Gasteiger partial charge is 0.303 e. The van der Waals surface area contributed by atoms with Gasteiger partial charge in [0.05, 0.1) is 25.6 Å². The van der Waals surface area contributed by atoms with E-state index in [0.29, 0.717) is 33.8 Å². The first-order valence-electron chi connectivity index (χ1n) is 10.6. The lowest BCUT2D eigenvalue weighted by molar-refractivity contribution is -0.137. The number of amides is 1. The third kappa shape index (κ3) is 8.13. The van der Waals surface area contributed by atoms with Crippen molar-refractivity contribution in [3.8, 4) is 5.75 Å². The zero-order chi connectivity index (χ0) is 25.5. The van der Waals surface area contributed by atoms with Crippen LogP contribution in [0.4, 0.5) is 5.69 Å². The van der Waals surface area contributed by atoms with Crippen molar-refractivity contribution in [2.75, 3.05) is 25.0 Å². The fourth-order valence-electron chi connectivity index (χ4n) is 3.52. The summed E-state index contributed by atoms with van der Waals surface area (Å²) in [5, 5.41) is 37.7. The number of carbonyl (C=O) groups excluding carboxylic acids is 2. The number of nitrogens with one attached hydrogen (secondary N) is 3. The Bertz CT molecular complexity index is 1140. The molecule has 35 heavy (non-hydrogen) atoms. The van der Waals surface area contributed by atoms with Gasteiger partial charge in [-0.15, -0.1) is 0 Å². The lowest BCUT2D eigenvalue weighted by Crippen LogP contribution is -2.42. The predicted molar refractivity (Wildman–Crippen MR) is 131 cm³/mol. The minimum absolute atomic E-state index is 0.0976. The van der Waals surface area contributed by atoms with Crippen LogP contribution in [-0.4, -0.2) is 64.7 Å². The second kappa shape index (κ2) is 11.9. The van der Waals surface area contributed by atoms with Gasteiger partial charge in [0.15, 0.2) is 11.7 Å². The number of rotatable bonds is 9. The number of guanidine groups is 1. The van der Waals surface area contributed by atoms with Crippen molar-refractivity contribution in [2.24, 2.45) is 4.99 Å². The van der Waals surface area contributed by atoms with E-state index in [4.69, 9.17) is 23.2 Å². The van der Waals surface area contributed by atoms with Crippen molar-refractivity contribution in [3.63, 3.8) is 0 Å². The summed E-state index contributed by atoms with van der Waals surface area (Å²) < 4.78 is 0. The highest BCUT2D eigenvalue weighted by atomic mass is 35.5. The Morgan fingerprint density at radius 3 is 2.43 bits per heavy atom. The maximum Gasteiger partial charge on any atom is 0.303 e. The van der Waals surface area contributed by atoms with Gasteiger partial charge in [0.2, 0.25) is 0 Å². The normalized spacial score (nSPS) is 16.0. The van der Waals surface area contributed by atoms with Crippen LogP contribution in [0, 0.1) is 0 Å². The molecule has 0 fully saturated rings. The van der Waals surface area contributed by atoms with Crippen molar-refractivity contribution in [1.82, 2.24) is 10.6 Å². The number of benzene rings is 2. The number of phenolic OH excluding ortho intramolecular Hbond substituents is 1. The Labute approximate surface area is 211 Å². The number of carboxylic acid groups (broad SMARTS) is 1. The monoisotopic (exact) mass is 522 g/mol. The van der Waals surface area contributed by atoms with Crippen molar-refractivity contribution < 1.29 is 29.7 Å². The lowest BCUT2D eigenvalue weighted by Gasteiger charge is -2.20. The molecule has 0 aliphatic carbocycles. The zero-order valence-corrected chi connectivity index (χ0v) is 19.9. The number of aliphatic hydroxyl groups is 1. The summed E-state index contributed by atoms with van der Waals surface area (Å²) >= 11 is 12.0.